The molecule has 5 nitrogen and oxygen atoms in total. The van der Waals surface area contributed by atoms with Crippen molar-refractivity contribution in [3.8, 4) is 0 Å². The first kappa shape index (κ1) is 11.9. The van der Waals surface area contributed by atoms with Gasteiger partial charge in [-0.2, -0.15) is 0 Å². The van der Waals surface area contributed by atoms with E-state index < -0.39 is 0 Å². The summed E-state index contributed by atoms with van der Waals surface area (Å²) in [5, 5.41) is 2.94. The van der Waals surface area contributed by atoms with Gasteiger partial charge in [-0.25, -0.2) is 4.98 Å². The van der Waals surface area contributed by atoms with Crippen LogP contribution < -0.4 is 16.0 Å². The zero-order valence-electron chi connectivity index (χ0n) is 10.0. The summed E-state index contributed by atoms with van der Waals surface area (Å²) in [6.07, 6.45) is 2.78. The van der Waals surface area contributed by atoms with Gasteiger partial charge in [-0.05, 0) is 18.1 Å². The average Bonchev–Trinajstić information content (AvgIpc) is 2.77. The second kappa shape index (κ2) is 5.14. The Kier molecular flexibility index (Phi) is 3.58. The van der Waals surface area contributed by atoms with E-state index in [4.69, 9.17) is 5.73 Å². The molecule has 92 valence electrons. The van der Waals surface area contributed by atoms with Crippen LogP contribution in [0.4, 0.5) is 5.82 Å². The molecule has 1 unspecified atom stereocenters. The van der Waals surface area contributed by atoms with Gasteiger partial charge in [-0.3, -0.25) is 4.79 Å². The molecule has 17 heavy (non-hydrogen) atoms. The van der Waals surface area contributed by atoms with Crippen molar-refractivity contribution in [3.63, 3.8) is 0 Å². The van der Waals surface area contributed by atoms with Crippen molar-refractivity contribution in [1.29, 1.82) is 0 Å². The molecule has 0 spiro atoms. The van der Waals surface area contributed by atoms with Crippen LogP contribution in [-0.4, -0.2) is 30.0 Å². The van der Waals surface area contributed by atoms with E-state index in [-0.39, 0.29) is 11.9 Å². The highest BCUT2D eigenvalue weighted by Crippen LogP contribution is 2.18. The molecule has 1 atom stereocenters. The molecule has 0 radical (unpaired) electrons. The van der Waals surface area contributed by atoms with Gasteiger partial charge in [0.25, 0.3) is 0 Å². The van der Waals surface area contributed by atoms with Crippen molar-refractivity contribution >= 4 is 11.7 Å². The van der Waals surface area contributed by atoms with Crippen LogP contribution in [0, 0.1) is 0 Å². The highest BCUT2D eigenvalue weighted by atomic mass is 16.1. The van der Waals surface area contributed by atoms with E-state index >= 15 is 0 Å². The topological polar surface area (TPSA) is 71.2 Å². The predicted octanol–water partition coefficient (Wildman–Crippen LogP) is 0.255. The number of nitrogens with zero attached hydrogens (tertiary/aromatic N) is 2. The quantitative estimate of drug-likeness (QED) is 0.786. The van der Waals surface area contributed by atoms with Crippen molar-refractivity contribution in [2.24, 2.45) is 5.73 Å². The van der Waals surface area contributed by atoms with E-state index in [1.807, 2.05) is 12.1 Å². The molecule has 2 rings (SSSR count). The third-order valence-corrected chi connectivity index (χ3v) is 2.96. The van der Waals surface area contributed by atoms with Crippen molar-refractivity contribution in [2.45, 2.75) is 25.9 Å². The first-order valence-electron chi connectivity index (χ1n) is 5.86. The number of carbonyl (C=O) groups is 1. The van der Waals surface area contributed by atoms with Crippen LogP contribution >= 0.6 is 0 Å². The molecule has 1 amide bonds. The first-order chi connectivity index (χ1) is 8.19. The molecule has 0 bridgehead atoms. The van der Waals surface area contributed by atoms with E-state index in [9.17, 15) is 4.79 Å². The fourth-order valence-electron chi connectivity index (χ4n) is 2.10. The summed E-state index contributed by atoms with van der Waals surface area (Å²) in [5.41, 5.74) is 6.56. The number of nitrogens with two attached hydrogens (primary N) is 1. The summed E-state index contributed by atoms with van der Waals surface area (Å²) in [7, 11) is 0. The van der Waals surface area contributed by atoms with Crippen LogP contribution in [0.25, 0.3) is 0 Å². The largest absolute Gasteiger partial charge is 0.354 e. The SMILES string of the molecule is CC(=O)NC1CCN(c2ccc(CN)cn2)C1. The molecule has 3 N–H and O–H groups in total. The third kappa shape index (κ3) is 2.94. The number of hydrogen-bond acceptors (Lipinski definition) is 4. The van der Waals surface area contributed by atoms with Gasteiger partial charge >= 0.3 is 0 Å². The smallest absolute Gasteiger partial charge is 0.217 e. The molecular weight excluding hydrogens is 216 g/mol. The van der Waals surface area contributed by atoms with Gasteiger partial charge in [0.1, 0.15) is 5.82 Å². The van der Waals surface area contributed by atoms with E-state index in [1.54, 1.807) is 13.1 Å². The lowest BCUT2D eigenvalue weighted by atomic mass is 10.2. The summed E-state index contributed by atoms with van der Waals surface area (Å²) in [5.74, 6) is 0.985. The Morgan fingerprint density at radius 1 is 1.65 bits per heavy atom. The number of amides is 1. The normalized spacial score (nSPS) is 19.4. The molecule has 1 aliphatic heterocycles. The van der Waals surface area contributed by atoms with Gasteiger partial charge in [0.15, 0.2) is 0 Å². The van der Waals surface area contributed by atoms with Gasteiger partial charge in [-0.15, -0.1) is 0 Å². The zero-order valence-corrected chi connectivity index (χ0v) is 10.0. The van der Waals surface area contributed by atoms with Crippen LogP contribution in [-0.2, 0) is 11.3 Å². The fourth-order valence-corrected chi connectivity index (χ4v) is 2.10. The molecule has 1 aromatic heterocycles. The van der Waals surface area contributed by atoms with Crippen LogP contribution in [0.5, 0.6) is 0 Å². The van der Waals surface area contributed by atoms with Gasteiger partial charge in [0, 0.05) is 38.8 Å². The van der Waals surface area contributed by atoms with Crippen LogP contribution in [0.3, 0.4) is 0 Å². The lowest BCUT2D eigenvalue weighted by molar-refractivity contribution is -0.119. The fraction of sp³-hybridized carbons (Fsp3) is 0.500. The number of nitrogens with one attached hydrogen (secondary N) is 1. The third-order valence-electron chi connectivity index (χ3n) is 2.96. The molecule has 1 saturated heterocycles. The van der Waals surface area contributed by atoms with Gasteiger partial charge in [0.05, 0.1) is 0 Å². The molecule has 0 aromatic carbocycles. The molecule has 2 heterocycles. The average molecular weight is 234 g/mol. The molecule has 1 aliphatic rings. The molecule has 5 heteroatoms. The Morgan fingerprint density at radius 3 is 3.06 bits per heavy atom. The Labute approximate surface area is 101 Å². The number of hydrogen-bond donors (Lipinski definition) is 2. The standard InChI is InChI=1S/C12H18N4O/c1-9(17)15-11-4-5-16(8-11)12-3-2-10(6-13)7-14-12/h2-3,7,11H,4-6,8,13H2,1H3,(H,15,17). The van der Waals surface area contributed by atoms with Gasteiger partial charge in [0.2, 0.25) is 5.91 Å². The van der Waals surface area contributed by atoms with Crippen molar-refractivity contribution < 1.29 is 4.79 Å². The maximum atomic E-state index is 11.0. The monoisotopic (exact) mass is 234 g/mol. The lowest BCUT2D eigenvalue weighted by Gasteiger charge is -2.17. The molecule has 0 aliphatic carbocycles. The number of anilines is 1. The van der Waals surface area contributed by atoms with Crippen molar-refractivity contribution in [3.05, 3.63) is 23.9 Å². The highest BCUT2D eigenvalue weighted by Gasteiger charge is 2.23. The summed E-state index contributed by atoms with van der Waals surface area (Å²) >= 11 is 0. The van der Waals surface area contributed by atoms with Crippen LogP contribution in [0.2, 0.25) is 0 Å². The van der Waals surface area contributed by atoms with E-state index in [2.05, 4.69) is 15.2 Å². The Balaban J connectivity index is 1.97. The van der Waals surface area contributed by atoms with Crippen LogP contribution in [0.1, 0.15) is 18.9 Å². The number of carbonyl (C=O) groups excluding carboxylic acids is 1. The minimum absolute atomic E-state index is 0.0308. The van der Waals surface area contributed by atoms with E-state index in [1.165, 1.54) is 0 Å². The molecule has 1 fully saturated rings. The van der Waals surface area contributed by atoms with Gasteiger partial charge < -0.3 is 16.0 Å². The minimum Gasteiger partial charge on any atom is -0.354 e. The molecular formula is C12H18N4O. The number of rotatable bonds is 3. The Morgan fingerprint density at radius 2 is 2.47 bits per heavy atom. The summed E-state index contributed by atoms with van der Waals surface area (Å²) in [4.78, 5) is 17.5. The van der Waals surface area contributed by atoms with Crippen LogP contribution in [0.15, 0.2) is 18.3 Å². The van der Waals surface area contributed by atoms with E-state index in [0.29, 0.717) is 6.54 Å². The predicted molar refractivity (Wildman–Crippen MR) is 66.6 cm³/mol. The molecule has 0 saturated carbocycles. The minimum atomic E-state index is 0.0308. The number of pyridine rings is 1. The zero-order chi connectivity index (χ0) is 12.3. The van der Waals surface area contributed by atoms with E-state index in [0.717, 1.165) is 30.9 Å². The van der Waals surface area contributed by atoms with Gasteiger partial charge in [-0.1, -0.05) is 6.07 Å². The summed E-state index contributed by atoms with van der Waals surface area (Å²) in [6, 6.07) is 4.22. The Hall–Kier alpha value is -1.62. The van der Waals surface area contributed by atoms with Crippen molar-refractivity contribution in [1.82, 2.24) is 10.3 Å². The maximum absolute atomic E-state index is 11.0. The summed E-state index contributed by atoms with van der Waals surface area (Å²) < 4.78 is 0. The second-order valence-electron chi connectivity index (χ2n) is 4.36. The molecule has 1 aromatic rings. The highest BCUT2D eigenvalue weighted by molar-refractivity contribution is 5.73. The second-order valence-corrected chi connectivity index (χ2v) is 4.36. The lowest BCUT2D eigenvalue weighted by Crippen LogP contribution is -2.35. The van der Waals surface area contributed by atoms with Crippen molar-refractivity contribution in [2.75, 3.05) is 18.0 Å². The first-order valence-corrected chi connectivity index (χ1v) is 5.86. The summed E-state index contributed by atoms with van der Waals surface area (Å²) in [6.45, 7) is 3.83. The maximum Gasteiger partial charge on any atom is 0.217 e. The Bertz CT molecular complexity index is 390. The number of aromatic nitrogens is 1.